The van der Waals surface area contributed by atoms with Crippen LogP contribution in [0.15, 0.2) is 42.5 Å². The van der Waals surface area contributed by atoms with Gasteiger partial charge in [0, 0.05) is 49.3 Å². The molecule has 2 heterocycles. The Hall–Kier alpha value is -1.54. The van der Waals surface area contributed by atoms with Crippen molar-refractivity contribution in [3.05, 3.63) is 63.1 Å². The molecule has 2 fully saturated rings. The zero-order valence-corrected chi connectivity index (χ0v) is 20.8. The molecule has 4 rings (SSSR count). The van der Waals surface area contributed by atoms with Crippen molar-refractivity contribution in [1.29, 1.82) is 0 Å². The van der Waals surface area contributed by atoms with Crippen LogP contribution in [-0.4, -0.2) is 78.9 Å². The predicted octanol–water partition coefficient (Wildman–Crippen LogP) is 4.12. The van der Waals surface area contributed by atoms with Crippen LogP contribution in [-0.2, 0) is 9.53 Å². The van der Waals surface area contributed by atoms with Gasteiger partial charge in [0.1, 0.15) is 0 Å². The maximum atomic E-state index is 13.0. The summed E-state index contributed by atoms with van der Waals surface area (Å²) in [5.41, 5.74) is 0.494. The third-order valence-corrected chi connectivity index (χ3v) is 7.02. The van der Waals surface area contributed by atoms with Gasteiger partial charge in [0.2, 0.25) is 0 Å². The van der Waals surface area contributed by atoms with E-state index in [1.165, 1.54) is 0 Å². The van der Waals surface area contributed by atoms with Gasteiger partial charge in [-0.3, -0.25) is 9.69 Å². The molecule has 2 saturated heterocycles. The zero-order chi connectivity index (χ0) is 23.6. The Labute approximate surface area is 209 Å². The first-order valence-corrected chi connectivity index (χ1v) is 12.2. The lowest BCUT2D eigenvalue weighted by Crippen LogP contribution is -2.58. The van der Waals surface area contributed by atoms with Crippen molar-refractivity contribution in [1.82, 2.24) is 9.80 Å². The number of halogens is 3. The molecule has 0 spiro atoms. The normalized spacial score (nSPS) is 21.7. The minimum Gasteiger partial charge on any atom is -0.379 e. The molecule has 2 aliphatic heterocycles. The summed E-state index contributed by atoms with van der Waals surface area (Å²) in [7, 11) is 0. The molecule has 0 bridgehead atoms. The standard InChI is InChI=1S/C24H28Cl3N3O3/c1-24(32,23(31)29-10-12-33-13-11-29)16-28-8-9-30(21-7-6-19(26)14-20(21)27)22(15-28)17-2-4-18(25)5-3-17/h2-7,14,22,32H,8-13,15-16H2,1H3/t22-,24?/m0/s1. The molecular weight excluding hydrogens is 485 g/mol. The summed E-state index contributed by atoms with van der Waals surface area (Å²) in [6.07, 6.45) is 0. The number of hydrogen-bond acceptors (Lipinski definition) is 5. The minimum absolute atomic E-state index is 0.0380. The van der Waals surface area contributed by atoms with E-state index in [0.717, 1.165) is 11.3 Å². The van der Waals surface area contributed by atoms with E-state index in [0.29, 0.717) is 61.0 Å². The quantitative estimate of drug-likeness (QED) is 0.653. The van der Waals surface area contributed by atoms with E-state index in [1.807, 2.05) is 36.4 Å². The molecule has 9 heteroatoms. The number of carbonyl (C=O) groups excluding carboxylic acids is 1. The van der Waals surface area contributed by atoms with E-state index in [-0.39, 0.29) is 18.5 Å². The van der Waals surface area contributed by atoms with Gasteiger partial charge in [0.05, 0.1) is 30.0 Å². The van der Waals surface area contributed by atoms with Gasteiger partial charge in [0.15, 0.2) is 5.60 Å². The van der Waals surface area contributed by atoms with Crippen LogP contribution in [0.4, 0.5) is 5.69 Å². The molecule has 1 unspecified atom stereocenters. The lowest BCUT2D eigenvalue weighted by atomic mass is 9.98. The lowest BCUT2D eigenvalue weighted by molar-refractivity contribution is -0.155. The van der Waals surface area contributed by atoms with Crippen LogP contribution >= 0.6 is 34.8 Å². The van der Waals surface area contributed by atoms with Gasteiger partial charge >= 0.3 is 0 Å². The summed E-state index contributed by atoms with van der Waals surface area (Å²) in [5, 5.41) is 12.9. The number of ether oxygens (including phenoxy) is 1. The van der Waals surface area contributed by atoms with Gasteiger partial charge in [-0.2, -0.15) is 0 Å². The fraction of sp³-hybridized carbons (Fsp3) is 0.458. The monoisotopic (exact) mass is 511 g/mol. The topological polar surface area (TPSA) is 56.2 Å². The highest BCUT2D eigenvalue weighted by Gasteiger charge is 2.39. The van der Waals surface area contributed by atoms with Gasteiger partial charge in [-0.15, -0.1) is 0 Å². The second-order valence-electron chi connectivity index (χ2n) is 8.77. The summed E-state index contributed by atoms with van der Waals surface area (Å²) in [5.74, 6) is -0.253. The summed E-state index contributed by atoms with van der Waals surface area (Å²) >= 11 is 18.8. The van der Waals surface area contributed by atoms with Gasteiger partial charge in [-0.05, 0) is 42.8 Å². The van der Waals surface area contributed by atoms with E-state index in [1.54, 1.807) is 17.9 Å². The zero-order valence-electron chi connectivity index (χ0n) is 18.5. The smallest absolute Gasteiger partial charge is 0.255 e. The molecule has 2 aliphatic rings. The molecular formula is C24H28Cl3N3O3. The Morgan fingerprint density at radius 3 is 2.36 bits per heavy atom. The number of morpholine rings is 1. The second-order valence-corrected chi connectivity index (χ2v) is 10.1. The molecule has 2 aromatic carbocycles. The molecule has 2 aromatic rings. The van der Waals surface area contributed by atoms with Crippen LogP contribution < -0.4 is 4.90 Å². The summed E-state index contributed by atoms with van der Waals surface area (Å²) in [6.45, 7) is 5.83. The highest BCUT2D eigenvalue weighted by Crippen LogP contribution is 2.37. The highest BCUT2D eigenvalue weighted by molar-refractivity contribution is 6.36. The largest absolute Gasteiger partial charge is 0.379 e. The van der Waals surface area contributed by atoms with Gasteiger partial charge in [-0.1, -0.05) is 46.9 Å². The Morgan fingerprint density at radius 2 is 1.70 bits per heavy atom. The van der Waals surface area contributed by atoms with Crippen molar-refractivity contribution in [2.75, 3.05) is 57.4 Å². The van der Waals surface area contributed by atoms with Crippen LogP contribution in [0.25, 0.3) is 0 Å². The fourth-order valence-electron chi connectivity index (χ4n) is 4.57. The second kappa shape index (κ2) is 10.4. The maximum Gasteiger partial charge on any atom is 0.255 e. The summed E-state index contributed by atoms with van der Waals surface area (Å²) < 4.78 is 5.33. The van der Waals surface area contributed by atoms with E-state index < -0.39 is 5.60 Å². The van der Waals surface area contributed by atoms with Crippen molar-refractivity contribution in [2.45, 2.75) is 18.6 Å². The predicted molar refractivity (Wildman–Crippen MR) is 132 cm³/mol. The van der Waals surface area contributed by atoms with E-state index in [2.05, 4.69) is 9.80 Å². The number of amides is 1. The van der Waals surface area contributed by atoms with Crippen molar-refractivity contribution in [3.8, 4) is 0 Å². The number of nitrogens with zero attached hydrogens (tertiary/aromatic N) is 3. The number of benzene rings is 2. The first-order valence-electron chi connectivity index (χ1n) is 11.0. The van der Waals surface area contributed by atoms with Crippen molar-refractivity contribution >= 4 is 46.4 Å². The molecule has 0 aromatic heterocycles. The Bertz CT molecular complexity index is 981. The van der Waals surface area contributed by atoms with Crippen LogP contribution in [0, 0.1) is 0 Å². The molecule has 0 radical (unpaired) electrons. The lowest BCUT2D eigenvalue weighted by Gasteiger charge is -2.45. The first kappa shape index (κ1) is 24.6. The van der Waals surface area contributed by atoms with Crippen molar-refractivity contribution < 1.29 is 14.6 Å². The molecule has 0 aliphatic carbocycles. The van der Waals surface area contributed by atoms with Crippen LogP contribution in [0.5, 0.6) is 0 Å². The summed E-state index contributed by atoms with van der Waals surface area (Å²) in [6, 6.07) is 13.2. The third-order valence-electron chi connectivity index (χ3n) is 6.23. The Kier molecular flexibility index (Phi) is 7.73. The molecule has 1 amide bonds. The van der Waals surface area contributed by atoms with Crippen LogP contribution in [0.1, 0.15) is 18.5 Å². The molecule has 178 valence electrons. The van der Waals surface area contributed by atoms with Crippen LogP contribution in [0.2, 0.25) is 15.1 Å². The average molecular weight is 513 g/mol. The van der Waals surface area contributed by atoms with E-state index in [4.69, 9.17) is 39.5 Å². The highest BCUT2D eigenvalue weighted by atomic mass is 35.5. The van der Waals surface area contributed by atoms with Crippen LogP contribution in [0.3, 0.4) is 0 Å². The number of hydrogen-bond donors (Lipinski definition) is 1. The van der Waals surface area contributed by atoms with E-state index >= 15 is 0 Å². The van der Waals surface area contributed by atoms with E-state index in [9.17, 15) is 9.90 Å². The minimum atomic E-state index is -1.48. The summed E-state index contributed by atoms with van der Waals surface area (Å²) in [4.78, 5) is 19.1. The molecule has 6 nitrogen and oxygen atoms in total. The van der Waals surface area contributed by atoms with Gasteiger partial charge < -0.3 is 19.6 Å². The third kappa shape index (κ3) is 5.76. The first-order chi connectivity index (χ1) is 15.7. The van der Waals surface area contributed by atoms with Gasteiger partial charge in [-0.25, -0.2) is 0 Å². The van der Waals surface area contributed by atoms with Crippen molar-refractivity contribution in [3.63, 3.8) is 0 Å². The van der Waals surface area contributed by atoms with Crippen molar-refractivity contribution in [2.24, 2.45) is 0 Å². The molecule has 33 heavy (non-hydrogen) atoms. The Balaban J connectivity index is 1.55. The SMILES string of the molecule is CC(O)(CN1CCN(c2ccc(Cl)cc2Cl)[C@H](c2ccc(Cl)cc2)C1)C(=O)N1CCOCC1. The number of anilines is 1. The fourth-order valence-corrected chi connectivity index (χ4v) is 5.21. The molecule has 0 saturated carbocycles. The number of aliphatic hydroxyl groups is 1. The number of carbonyl (C=O) groups is 1. The van der Waals surface area contributed by atoms with Gasteiger partial charge in [0.25, 0.3) is 5.91 Å². The maximum absolute atomic E-state index is 13.0. The average Bonchev–Trinajstić information content (AvgIpc) is 2.80. The number of piperazine rings is 1. The Morgan fingerprint density at radius 1 is 1.03 bits per heavy atom. The number of β-amino-alcohol motifs (C(OH)–C–C–N with tert-alkyl or cyclic N) is 1. The molecule has 2 atom stereocenters. The number of rotatable bonds is 5. The molecule has 1 N–H and O–H groups in total.